The number of nitrogens with zero attached hydrogens (tertiary/aromatic N) is 3. The van der Waals surface area contributed by atoms with Crippen LogP contribution in [0, 0.1) is 11.4 Å². The summed E-state index contributed by atoms with van der Waals surface area (Å²) in [6.07, 6.45) is 1.83. The molecule has 0 saturated carbocycles. The number of thiazole rings is 1. The van der Waals surface area contributed by atoms with E-state index in [1.807, 2.05) is 26.8 Å². The number of aromatic nitrogens is 3. The van der Waals surface area contributed by atoms with Crippen LogP contribution in [0.3, 0.4) is 0 Å². The normalized spacial score (nSPS) is 12.5. The van der Waals surface area contributed by atoms with E-state index in [4.69, 9.17) is 16.3 Å². The lowest BCUT2D eigenvalue weighted by Crippen LogP contribution is -2.28. The summed E-state index contributed by atoms with van der Waals surface area (Å²) in [6.45, 7) is 5.84. The number of hydrogen-bond acceptors (Lipinski definition) is 7. The number of alkyl carbamates (subject to hydrolysis) is 1. The van der Waals surface area contributed by atoms with Gasteiger partial charge >= 0.3 is 6.09 Å². The molecule has 158 valence electrons. The second-order valence-corrected chi connectivity index (χ2v) is 10.1. The molecule has 30 heavy (non-hydrogen) atoms. The third-order valence-corrected chi connectivity index (χ3v) is 6.45. The average Bonchev–Trinajstić information content (AvgIpc) is 3.10. The molecule has 1 N–H and O–H groups in total. The van der Waals surface area contributed by atoms with E-state index in [0.717, 1.165) is 9.10 Å². The average molecular weight is 467 g/mol. The first-order valence-corrected chi connectivity index (χ1v) is 11.0. The molecule has 3 aromatic rings. The van der Waals surface area contributed by atoms with Crippen molar-refractivity contribution in [1.29, 1.82) is 0 Å². The van der Waals surface area contributed by atoms with Crippen LogP contribution in [0.2, 0.25) is 5.15 Å². The van der Waals surface area contributed by atoms with Gasteiger partial charge in [0.1, 0.15) is 15.9 Å². The molecule has 10 heteroatoms. The van der Waals surface area contributed by atoms with Gasteiger partial charge in [0.15, 0.2) is 6.10 Å². The lowest BCUT2D eigenvalue weighted by Gasteiger charge is -2.28. The van der Waals surface area contributed by atoms with E-state index in [2.05, 4.69) is 20.3 Å². The summed E-state index contributed by atoms with van der Waals surface area (Å²) >= 11 is 8.60. The van der Waals surface area contributed by atoms with Crippen LogP contribution in [0.1, 0.15) is 31.9 Å². The van der Waals surface area contributed by atoms with E-state index >= 15 is 0 Å². The van der Waals surface area contributed by atoms with E-state index in [9.17, 15) is 9.18 Å². The summed E-state index contributed by atoms with van der Waals surface area (Å²) in [6, 6.07) is 6.78. The fraction of sp³-hybridized carbons (Fsp3) is 0.300. The Labute approximate surface area is 187 Å². The Morgan fingerprint density at radius 3 is 2.67 bits per heavy atom. The van der Waals surface area contributed by atoms with Crippen LogP contribution in [0.5, 0.6) is 0 Å². The molecule has 0 saturated heterocycles. The van der Waals surface area contributed by atoms with Gasteiger partial charge < -0.3 is 10.1 Å². The van der Waals surface area contributed by atoms with Crippen molar-refractivity contribution in [2.45, 2.75) is 36.0 Å². The maximum Gasteiger partial charge on any atom is 0.407 e. The first-order valence-electron chi connectivity index (χ1n) is 8.98. The summed E-state index contributed by atoms with van der Waals surface area (Å²) in [5.41, 5.74) is 0.283. The lowest BCUT2D eigenvalue weighted by atomic mass is 9.89. The zero-order valence-corrected chi connectivity index (χ0v) is 19.2. The Kier molecular flexibility index (Phi) is 6.95. The van der Waals surface area contributed by atoms with Crippen LogP contribution in [-0.4, -0.2) is 28.1 Å². The van der Waals surface area contributed by atoms with E-state index in [1.54, 1.807) is 24.4 Å². The van der Waals surface area contributed by atoms with E-state index < -0.39 is 23.6 Å². The number of ether oxygens (including phenoxy) is 1. The zero-order valence-electron chi connectivity index (χ0n) is 16.8. The largest absolute Gasteiger partial charge is 0.438 e. The van der Waals surface area contributed by atoms with Gasteiger partial charge in [-0.2, -0.15) is 4.39 Å². The predicted octanol–water partition coefficient (Wildman–Crippen LogP) is 5.99. The number of hydrogen-bond donors (Lipinski definition) is 1. The Balaban J connectivity index is 2.09. The zero-order chi connectivity index (χ0) is 21.9. The number of nitrogens with one attached hydrogen (secondary N) is 1. The molecule has 0 aliphatic heterocycles. The molecule has 3 heterocycles. The summed E-state index contributed by atoms with van der Waals surface area (Å²) < 4.78 is 20.8. The van der Waals surface area contributed by atoms with Gasteiger partial charge in [-0.3, -0.25) is 0 Å². The molecule has 0 bridgehead atoms. The fourth-order valence-electron chi connectivity index (χ4n) is 2.53. The Morgan fingerprint density at radius 1 is 1.30 bits per heavy atom. The minimum Gasteiger partial charge on any atom is -0.438 e. The van der Waals surface area contributed by atoms with Gasteiger partial charge in [-0.25, -0.2) is 19.7 Å². The number of carbonyl (C=O) groups is 1. The van der Waals surface area contributed by atoms with Crippen LogP contribution in [-0.2, 0) is 4.74 Å². The van der Waals surface area contributed by atoms with Crippen molar-refractivity contribution in [3.8, 4) is 11.3 Å². The number of carbonyl (C=O) groups excluding carboxylic acids is 1. The Bertz CT molecular complexity index is 1040. The van der Waals surface area contributed by atoms with Crippen molar-refractivity contribution >= 4 is 40.8 Å². The number of halogens is 2. The predicted molar refractivity (Wildman–Crippen MR) is 116 cm³/mol. The number of amides is 1. The molecule has 1 unspecified atom stereocenters. The minimum atomic E-state index is -0.626. The number of rotatable bonds is 5. The standard InChI is InChI=1S/C20H20ClFN4O2S2/c1-20(2,3)15(28-19(27)23-4)17-26-14(12-6-5-9-24-16(12)22)18(30-17)29-11-7-8-13(21)25-10-11/h5-10,15H,1-4H3,(H,23,27). The van der Waals surface area contributed by atoms with Crippen LogP contribution < -0.4 is 5.32 Å². The second-order valence-electron chi connectivity index (χ2n) is 7.35. The van der Waals surface area contributed by atoms with Gasteiger partial charge in [0.2, 0.25) is 5.95 Å². The summed E-state index contributed by atoms with van der Waals surface area (Å²) in [5.74, 6) is -0.620. The fourth-order valence-corrected chi connectivity index (χ4v) is 5.15. The second kappa shape index (κ2) is 9.28. The SMILES string of the molecule is CNC(=O)OC(c1nc(-c2cccnc2F)c(Sc2ccc(Cl)nc2)s1)C(C)(C)C. The minimum absolute atomic E-state index is 0.275. The van der Waals surface area contributed by atoms with Gasteiger partial charge in [-0.15, -0.1) is 11.3 Å². The summed E-state index contributed by atoms with van der Waals surface area (Å²) in [7, 11) is 1.50. The van der Waals surface area contributed by atoms with Crippen molar-refractivity contribution in [1.82, 2.24) is 20.3 Å². The molecule has 6 nitrogen and oxygen atoms in total. The van der Waals surface area contributed by atoms with Gasteiger partial charge in [-0.05, 0) is 24.3 Å². The molecular formula is C20H20ClFN4O2S2. The summed E-state index contributed by atoms with van der Waals surface area (Å²) in [5, 5.41) is 3.41. The van der Waals surface area contributed by atoms with Crippen molar-refractivity contribution < 1.29 is 13.9 Å². The highest BCUT2D eigenvalue weighted by Crippen LogP contribution is 2.46. The van der Waals surface area contributed by atoms with E-state index in [1.165, 1.54) is 36.3 Å². The highest BCUT2D eigenvalue weighted by atomic mass is 35.5. The monoisotopic (exact) mass is 466 g/mol. The first-order chi connectivity index (χ1) is 14.2. The van der Waals surface area contributed by atoms with Gasteiger partial charge in [0.25, 0.3) is 0 Å². The molecule has 1 atom stereocenters. The van der Waals surface area contributed by atoms with Crippen molar-refractivity contribution in [2.24, 2.45) is 5.41 Å². The first kappa shape index (κ1) is 22.5. The molecule has 0 fully saturated rings. The molecule has 1 amide bonds. The highest BCUT2D eigenvalue weighted by molar-refractivity contribution is 8.01. The van der Waals surface area contributed by atoms with Crippen molar-refractivity contribution in [2.75, 3.05) is 7.05 Å². The topological polar surface area (TPSA) is 77.0 Å². The lowest BCUT2D eigenvalue weighted by molar-refractivity contribution is 0.0313. The maximum atomic E-state index is 14.5. The summed E-state index contributed by atoms with van der Waals surface area (Å²) in [4.78, 5) is 25.3. The molecule has 0 radical (unpaired) electrons. The van der Waals surface area contributed by atoms with Gasteiger partial charge in [0.05, 0.1) is 9.77 Å². The maximum absolute atomic E-state index is 14.5. The molecule has 0 spiro atoms. The van der Waals surface area contributed by atoms with Crippen molar-refractivity contribution in [3.63, 3.8) is 0 Å². The van der Waals surface area contributed by atoms with E-state index in [0.29, 0.717) is 15.9 Å². The van der Waals surface area contributed by atoms with Crippen molar-refractivity contribution in [3.05, 3.63) is 52.8 Å². The third-order valence-electron chi connectivity index (χ3n) is 3.98. The molecule has 3 aromatic heterocycles. The quantitative estimate of drug-likeness (QED) is 0.465. The van der Waals surface area contributed by atoms with Crippen LogP contribution >= 0.6 is 34.7 Å². The van der Waals surface area contributed by atoms with Crippen LogP contribution in [0.4, 0.5) is 9.18 Å². The molecule has 0 aromatic carbocycles. The highest BCUT2D eigenvalue weighted by Gasteiger charge is 2.34. The van der Waals surface area contributed by atoms with Gasteiger partial charge in [-0.1, -0.05) is 44.1 Å². The molecular weight excluding hydrogens is 447 g/mol. The Morgan fingerprint density at radius 2 is 2.07 bits per heavy atom. The molecule has 0 aliphatic carbocycles. The smallest absolute Gasteiger partial charge is 0.407 e. The van der Waals surface area contributed by atoms with E-state index in [-0.39, 0.29) is 5.56 Å². The van der Waals surface area contributed by atoms with Crippen LogP contribution in [0.25, 0.3) is 11.3 Å². The van der Waals surface area contributed by atoms with Crippen LogP contribution in [0.15, 0.2) is 45.8 Å². The molecule has 0 aliphatic rings. The van der Waals surface area contributed by atoms with Gasteiger partial charge in [0, 0.05) is 29.8 Å². The Hall–Kier alpha value is -2.23. The number of pyridine rings is 2. The third kappa shape index (κ3) is 5.27. The molecule has 3 rings (SSSR count).